The molecule has 12 atom stereocenters. The lowest BCUT2D eigenvalue weighted by Crippen LogP contribution is -2.63. The van der Waals surface area contributed by atoms with Gasteiger partial charge in [0.15, 0.2) is 5.78 Å². The number of allylic oxidation sites excluding steroid dienone is 1. The van der Waals surface area contributed by atoms with E-state index in [2.05, 4.69) is 0 Å². The summed E-state index contributed by atoms with van der Waals surface area (Å²) in [5.74, 6) is -0.993. The van der Waals surface area contributed by atoms with Crippen molar-refractivity contribution in [2.75, 3.05) is 0 Å². The first-order valence-corrected chi connectivity index (χ1v) is 13.9. The summed E-state index contributed by atoms with van der Waals surface area (Å²) in [4.78, 5) is 13.3. The fourth-order valence-corrected chi connectivity index (χ4v) is 9.06. The summed E-state index contributed by atoms with van der Waals surface area (Å²) in [6.07, 6.45) is 1.16. The Morgan fingerprint density at radius 2 is 1.69 bits per heavy atom. The average Bonchev–Trinajstić information content (AvgIpc) is 3.05. The Morgan fingerprint density at radius 1 is 1.06 bits per heavy atom. The minimum atomic E-state index is -1.48. The topological polar surface area (TPSA) is 138 Å². The molecule has 0 saturated heterocycles. The van der Waals surface area contributed by atoms with Crippen LogP contribution in [-0.2, 0) is 4.79 Å². The van der Waals surface area contributed by atoms with Crippen LogP contribution in [0.3, 0.4) is 0 Å². The monoisotopic (exact) mass is 508 g/mol. The number of fused-ring (bicyclic) bond motifs is 5. The van der Waals surface area contributed by atoms with Crippen LogP contribution in [0.1, 0.15) is 86.5 Å². The van der Waals surface area contributed by atoms with Gasteiger partial charge in [0.25, 0.3) is 0 Å². The molecule has 0 heterocycles. The van der Waals surface area contributed by atoms with Crippen LogP contribution in [-0.4, -0.2) is 72.0 Å². The van der Waals surface area contributed by atoms with E-state index in [0.717, 1.165) is 0 Å². The smallest absolute Gasteiger partial charge is 0.159 e. The van der Waals surface area contributed by atoms with E-state index in [1.165, 1.54) is 0 Å². The highest BCUT2D eigenvalue weighted by Crippen LogP contribution is 2.68. The van der Waals surface area contributed by atoms with Gasteiger partial charge in [0, 0.05) is 11.3 Å². The first-order valence-electron chi connectivity index (χ1n) is 13.9. The first-order chi connectivity index (χ1) is 16.5. The molecule has 0 aromatic rings. The molecule has 3 saturated carbocycles. The van der Waals surface area contributed by atoms with Crippen molar-refractivity contribution in [2.45, 2.75) is 122 Å². The Morgan fingerprint density at radius 3 is 2.28 bits per heavy atom. The van der Waals surface area contributed by atoms with E-state index in [0.29, 0.717) is 37.7 Å². The van der Waals surface area contributed by atoms with Gasteiger partial charge >= 0.3 is 0 Å². The lowest BCUT2D eigenvalue weighted by Gasteiger charge is -2.60. The summed E-state index contributed by atoms with van der Waals surface area (Å²) in [6.45, 7) is 11.4. The highest BCUT2D eigenvalue weighted by atomic mass is 16.3. The van der Waals surface area contributed by atoms with E-state index in [1.54, 1.807) is 19.9 Å². The van der Waals surface area contributed by atoms with Crippen molar-refractivity contribution >= 4 is 5.78 Å². The number of hydrogen-bond acceptors (Lipinski definition) is 7. The summed E-state index contributed by atoms with van der Waals surface area (Å²) in [6, 6.07) is 0. The van der Waals surface area contributed by atoms with Gasteiger partial charge in [0.2, 0.25) is 0 Å². The Hall–Kier alpha value is -0.830. The third kappa shape index (κ3) is 3.95. The molecule has 7 nitrogen and oxygen atoms in total. The number of rotatable bonds is 6. The van der Waals surface area contributed by atoms with Crippen LogP contribution < -0.4 is 0 Å². The summed E-state index contributed by atoms with van der Waals surface area (Å²) >= 11 is 0. The molecule has 206 valence electrons. The third-order valence-corrected chi connectivity index (χ3v) is 11.5. The lowest BCUT2D eigenvalue weighted by atomic mass is 9.45. The van der Waals surface area contributed by atoms with Gasteiger partial charge in [0.05, 0.1) is 35.6 Å². The van der Waals surface area contributed by atoms with Crippen molar-refractivity contribution in [1.29, 1.82) is 0 Å². The van der Waals surface area contributed by atoms with E-state index in [1.807, 2.05) is 27.7 Å². The Balaban J connectivity index is 1.66. The van der Waals surface area contributed by atoms with Crippen LogP contribution in [0.15, 0.2) is 11.6 Å². The molecule has 0 bridgehead atoms. The molecule has 0 aliphatic heterocycles. The highest BCUT2D eigenvalue weighted by Gasteiger charge is 2.69. The van der Waals surface area contributed by atoms with Gasteiger partial charge < -0.3 is 30.6 Å². The maximum atomic E-state index is 13.3. The van der Waals surface area contributed by atoms with Gasteiger partial charge in [-0.25, -0.2) is 0 Å². The number of aliphatic hydroxyl groups is 6. The molecular formula is C29H48O7. The molecular weight excluding hydrogens is 460 g/mol. The van der Waals surface area contributed by atoms with Crippen molar-refractivity contribution in [3.8, 4) is 0 Å². The van der Waals surface area contributed by atoms with Gasteiger partial charge in [0.1, 0.15) is 0 Å². The Kier molecular flexibility index (Phi) is 7.15. The number of ketones is 1. The molecule has 0 unspecified atom stereocenters. The largest absolute Gasteiger partial charge is 0.393 e. The van der Waals surface area contributed by atoms with Crippen molar-refractivity contribution in [2.24, 2.45) is 40.4 Å². The van der Waals surface area contributed by atoms with Crippen LogP contribution in [0.4, 0.5) is 0 Å². The van der Waals surface area contributed by atoms with Gasteiger partial charge in [-0.05, 0) is 99.5 Å². The Bertz CT molecular complexity index is 888. The maximum absolute atomic E-state index is 13.3. The summed E-state index contributed by atoms with van der Waals surface area (Å²) in [5, 5.41) is 66.3. The molecule has 4 rings (SSSR count). The predicted octanol–water partition coefficient (Wildman–Crippen LogP) is 2.35. The molecule has 0 aromatic carbocycles. The van der Waals surface area contributed by atoms with E-state index < -0.39 is 52.4 Å². The van der Waals surface area contributed by atoms with Crippen LogP contribution in [0.2, 0.25) is 0 Å². The minimum absolute atomic E-state index is 0.0883. The van der Waals surface area contributed by atoms with Crippen LogP contribution in [0.25, 0.3) is 0 Å². The third-order valence-electron chi connectivity index (χ3n) is 11.5. The van der Waals surface area contributed by atoms with Gasteiger partial charge in [-0.15, -0.1) is 0 Å². The molecule has 7 heteroatoms. The quantitative estimate of drug-likeness (QED) is 0.324. The number of carbonyl (C=O) groups excluding carboxylic acids is 1. The van der Waals surface area contributed by atoms with E-state index in [-0.39, 0.29) is 42.3 Å². The normalized spacial score (nSPS) is 46.8. The molecule has 0 amide bonds. The zero-order chi connectivity index (χ0) is 27.0. The van der Waals surface area contributed by atoms with Crippen LogP contribution >= 0.6 is 0 Å². The molecule has 36 heavy (non-hydrogen) atoms. The summed E-state index contributed by atoms with van der Waals surface area (Å²) in [7, 11) is 0. The van der Waals surface area contributed by atoms with Crippen molar-refractivity contribution in [3.63, 3.8) is 0 Å². The molecule has 0 aromatic heterocycles. The SMILES string of the molecule is CC(C)[C@H](C[C@@H](O)[C@](C)(O)[C@H]1CC[C@@]2(O)C3=CC(=O)[C@@H]4C[C@@H](O)[C@@H](O)C[C@]4(C)[C@H]3CC[C@]12C)[C@H](C)O. The molecule has 3 fully saturated rings. The fraction of sp³-hybridized carbons (Fsp3) is 0.897. The summed E-state index contributed by atoms with van der Waals surface area (Å²) in [5.41, 5.74) is -3.35. The highest BCUT2D eigenvalue weighted by molar-refractivity contribution is 5.95. The number of aliphatic hydroxyl groups excluding tert-OH is 4. The van der Waals surface area contributed by atoms with E-state index in [4.69, 9.17) is 0 Å². The molecule has 6 N–H and O–H groups in total. The number of carbonyl (C=O) groups is 1. The fourth-order valence-electron chi connectivity index (χ4n) is 9.06. The molecule has 4 aliphatic carbocycles. The van der Waals surface area contributed by atoms with Crippen LogP contribution in [0.5, 0.6) is 0 Å². The standard InChI is InChI=1S/C29H48O7/c1-15(2)17(16(3)30)11-25(34)28(6,35)24-8-10-29(36)19-12-21(31)20-13-22(32)23(33)14-26(20,4)18(19)7-9-27(24,29)5/h12,15-18,20,22-25,30,32-36H,7-11,13-14H2,1-6H3/t16-,17-,18-,20-,22+,23-,24-,25+,26+,27+,28+,29+/m0/s1. The number of hydrogen-bond donors (Lipinski definition) is 6. The summed E-state index contributed by atoms with van der Waals surface area (Å²) < 4.78 is 0. The minimum Gasteiger partial charge on any atom is -0.393 e. The molecule has 0 radical (unpaired) electrons. The predicted molar refractivity (Wildman–Crippen MR) is 136 cm³/mol. The van der Waals surface area contributed by atoms with Gasteiger partial charge in [-0.1, -0.05) is 27.7 Å². The second-order valence-corrected chi connectivity index (χ2v) is 13.7. The Labute approximate surface area is 215 Å². The second kappa shape index (κ2) is 9.13. The first kappa shape index (κ1) is 28.2. The second-order valence-electron chi connectivity index (χ2n) is 13.7. The zero-order valence-electron chi connectivity index (χ0n) is 22.8. The van der Waals surface area contributed by atoms with Crippen molar-refractivity contribution < 1.29 is 35.4 Å². The van der Waals surface area contributed by atoms with Crippen molar-refractivity contribution in [1.82, 2.24) is 0 Å². The van der Waals surface area contributed by atoms with E-state index in [9.17, 15) is 35.4 Å². The average molecular weight is 509 g/mol. The van der Waals surface area contributed by atoms with Gasteiger partial charge in [-0.2, -0.15) is 0 Å². The maximum Gasteiger partial charge on any atom is 0.159 e. The zero-order valence-corrected chi connectivity index (χ0v) is 22.8. The molecule has 4 aliphatic rings. The van der Waals surface area contributed by atoms with Crippen molar-refractivity contribution in [3.05, 3.63) is 11.6 Å². The van der Waals surface area contributed by atoms with Gasteiger partial charge in [-0.3, -0.25) is 4.79 Å². The molecule has 0 spiro atoms. The van der Waals surface area contributed by atoms with E-state index >= 15 is 0 Å². The lowest BCUT2D eigenvalue weighted by molar-refractivity contribution is -0.179. The van der Waals surface area contributed by atoms with Crippen LogP contribution in [0, 0.1) is 40.4 Å².